The van der Waals surface area contributed by atoms with E-state index in [1.54, 1.807) is 37.4 Å². The number of benzene rings is 1. The Hall–Kier alpha value is -1.99. The number of nitrogens with zero attached hydrogens (tertiary/aromatic N) is 1. The molecule has 2 aromatic rings. The quantitative estimate of drug-likeness (QED) is 0.868. The molecule has 106 valence electrons. The Labute approximate surface area is 116 Å². The first kappa shape index (κ1) is 14.4. The third-order valence-corrected chi connectivity index (χ3v) is 4.43. The first-order chi connectivity index (χ1) is 9.45. The highest BCUT2D eigenvalue weighted by atomic mass is 32.2. The molecular weight excluding hydrogens is 280 g/mol. The minimum absolute atomic E-state index is 0.0304. The van der Waals surface area contributed by atoms with Crippen molar-refractivity contribution < 1.29 is 18.3 Å². The van der Waals surface area contributed by atoms with Gasteiger partial charge in [-0.15, -0.1) is 0 Å². The van der Waals surface area contributed by atoms with Gasteiger partial charge in [0.15, 0.2) is 0 Å². The number of aromatic nitrogens is 1. The predicted octanol–water partition coefficient (Wildman–Crippen LogP) is 1.38. The Morgan fingerprint density at radius 3 is 2.75 bits per heavy atom. The SMILES string of the molecule is CC[C@H](NS(=O)(=O)c1cccc2ncccc12)C(=O)O. The standard InChI is InChI=1S/C13H14N2O4S/c1-2-10(13(16)17)15-20(18,19)12-7-3-6-11-9(12)5-4-8-14-11/h3-8,10,15H,2H2,1H3,(H,16,17)/t10-/m0/s1. The summed E-state index contributed by atoms with van der Waals surface area (Å²) in [6.07, 6.45) is 1.73. The molecule has 1 aromatic heterocycles. The van der Waals surface area contributed by atoms with E-state index in [1.807, 2.05) is 0 Å². The third kappa shape index (κ3) is 2.78. The topological polar surface area (TPSA) is 96.4 Å². The van der Waals surface area contributed by atoms with Crippen molar-refractivity contribution in [1.82, 2.24) is 9.71 Å². The molecule has 1 heterocycles. The van der Waals surface area contributed by atoms with Gasteiger partial charge in [0.2, 0.25) is 10.0 Å². The Morgan fingerprint density at radius 2 is 2.10 bits per heavy atom. The number of carbonyl (C=O) groups is 1. The molecule has 2 N–H and O–H groups in total. The van der Waals surface area contributed by atoms with Gasteiger partial charge in [0.25, 0.3) is 0 Å². The Bertz CT molecular complexity index is 738. The zero-order valence-electron chi connectivity index (χ0n) is 10.8. The van der Waals surface area contributed by atoms with Gasteiger partial charge in [0.05, 0.1) is 10.4 Å². The van der Waals surface area contributed by atoms with Gasteiger partial charge in [-0.3, -0.25) is 9.78 Å². The molecule has 0 radical (unpaired) electrons. The van der Waals surface area contributed by atoms with Crippen LogP contribution in [0.2, 0.25) is 0 Å². The fourth-order valence-corrected chi connectivity index (χ4v) is 3.36. The molecule has 0 bridgehead atoms. The van der Waals surface area contributed by atoms with Crippen LogP contribution in [0, 0.1) is 0 Å². The highest BCUT2D eigenvalue weighted by Gasteiger charge is 2.25. The van der Waals surface area contributed by atoms with Crippen LogP contribution in [0.5, 0.6) is 0 Å². The van der Waals surface area contributed by atoms with Crippen molar-refractivity contribution in [1.29, 1.82) is 0 Å². The summed E-state index contributed by atoms with van der Waals surface area (Å²) in [5.74, 6) is -1.20. The van der Waals surface area contributed by atoms with Crippen LogP contribution in [0.3, 0.4) is 0 Å². The molecule has 0 aliphatic carbocycles. The van der Waals surface area contributed by atoms with E-state index in [0.717, 1.165) is 0 Å². The van der Waals surface area contributed by atoms with E-state index in [1.165, 1.54) is 6.07 Å². The van der Waals surface area contributed by atoms with E-state index in [2.05, 4.69) is 9.71 Å². The van der Waals surface area contributed by atoms with Crippen LogP contribution in [0.15, 0.2) is 41.4 Å². The molecule has 0 aliphatic rings. The first-order valence-corrected chi connectivity index (χ1v) is 7.53. The van der Waals surface area contributed by atoms with E-state index < -0.39 is 22.0 Å². The summed E-state index contributed by atoms with van der Waals surface area (Å²) in [7, 11) is -3.91. The summed E-state index contributed by atoms with van der Waals surface area (Å²) in [5.41, 5.74) is 0.541. The number of carboxylic acid groups (broad SMARTS) is 1. The first-order valence-electron chi connectivity index (χ1n) is 6.04. The van der Waals surface area contributed by atoms with Gasteiger partial charge in [-0.25, -0.2) is 8.42 Å². The highest BCUT2D eigenvalue weighted by molar-refractivity contribution is 7.89. The minimum Gasteiger partial charge on any atom is -0.480 e. The van der Waals surface area contributed by atoms with Crippen molar-refractivity contribution in [2.24, 2.45) is 0 Å². The molecule has 0 saturated heterocycles. The summed E-state index contributed by atoms with van der Waals surface area (Å²) in [6.45, 7) is 1.60. The number of rotatable bonds is 5. The van der Waals surface area contributed by atoms with Gasteiger partial charge < -0.3 is 5.11 Å². The van der Waals surface area contributed by atoms with Crippen LogP contribution < -0.4 is 4.72 Å². The maximum atomic E-state index is 12.3. The van der Waals surface area contributed by atoms with Crippen molar-refractivity contribution >= 4 is 26.9 Å². The number of aliphatic carboxylic acids is 1. The van der Waals surface area contributed by atoms with Gasteiger partial charge >= 0.3 is 5.97 Å². The van der Waals surface area contributed by atoms with Gasteiger partial charge in [0, 0.05) is 11.6 Å². The molecule has 2 rings (SSSR count). The monoisotopic (exact) mass is 294 g/mol. The number of hydrogen-bond donors (Lipinski definition) is 2. The lowest BCUT2D eigenvalue weighted by Gasteiger charge is -2.14. The van der Waals surface area contributed by atoms with Gasteiger partial charge in [-0.1, -0.05) is 13.0 Å². The summed E-state index contributed by atoms with van der Waals surface area (Å²) >= 11 is 0. The molecule has 6 nitrogen and oxygen atoms in total. The molecule has 1 atom stereocenters. The molecule has 0 spiro atoms. The largest absolute Gasteiger partial charge is 0.480 e. The molecule has 7 heteroatoms. The summed E-state index contributed by atoms with van der Waals surface area (Å²) < 4.78 is 26.8. The number of pyridine rings is 1. The van der Waals surface area contributed by atoms with Crippen LogP contribution in [0.4, 0.5) is 0 Å². The van der Waals surface area contributed by atoms with Crippen LogP contribution in [0.25, 0.3) is 10.9 Å². The van der Waals surface area contributed by atoms with Crippen molar-refractivity contribution in [3.05, 3.63) is 36.5 Å². The van der Waals surface area contributed by atoms with E-state index in [0.29, 0.717) is 10.9 Å². The van der Waals surface area contributed by atoms with Crippen LogP contribution in [-0.2, 0) is 14.8 Å². The van der Waals surface area contributed by atoms with Crippen molar-refractivity contribution in [2.45, 2.75) is 24.3 Å². The fraction of sp³-hybridized carbons (Fsp3) is 0.231. The van der Waals surface area contributed by atoms with E-state index in [9.17, 15) is 13.2 Å². The van der Waals surface area contributed by atoms with Crippen LogP contribution >= 0.6 is 0 Å². The molecule has 0 aliphatic heterocycles. The molecule has 20 heavy (non-hydrogen) atoms. The number of hydrogen-bond acceptors (Lipinski definition) is 4. The van der Waals surface area contributed by atoms with Gasteiger partial charge in [0.1, 0.15) is 6.04 Å². The Kier molecular flexibility index (Phi) is 4.01. The van der Waals surface area contributed by atoms with Crippen molar-refractivity contribution in [3.8, 4) is 0 Å². The zero-order chi connectivity index (χ0) is 14.8. The molecular formula is C13H14N2O4S. The summed E-state index contributed by atoms with van der Waals surface area (Å²) in [5, 5.41) is 9.42. The fourth-order valence-electron chi connectivity index (χ4n) is 1.87. The van der Waals surface area contributed by atoms with E-state index in [4.69, 9.17) is 5.11 Å². The third-order valence-electron chi connectivity index (χ3n) is 2.90. The van der Waals surface area contributed by atoms with Crippen molar-refractivity contribution in [2.75, 3.05) is 0 Å². The second-order valence-electron chi connectivity index (χ2n) is 4.25. The number of sulfonamides is 1. The molecule has 1 aromatic carbocycles. The minimum atomic E-state index is -3.91. The van der Waals surface area contributed by atoms with E-state index >= 15 is 0 Å². The normalized spacial score (nSPS) is 13.2. The summed E-state index contributed by atoms with van der Waals surface area (Å²) in [4.78, 5) is 15.1. The maximum absolute atomic E-state index is 12.3. The maximum Gasteiger partial charge on any atom is 0.321 e. The summed E-state index contributed by atoms with van der Waals surface area (Å²) in [6, 6.07) is 6.83. The van der Waals surface area contributed by atoms with Gasteiger partial charge in [-0.05, 0) is 30.7 Å². The smallest absolute Gasteiger partial charge is 0.321 e. The average Bonchev–Trinajstić information content (AvgIpc) is 2.43. The lowest BCUT2D eigenvalue weighted by molar-refractivity contribution is -0.139. The second-order valence-corrected chi connectivity index (χ2v) is 5.93. The average molecular weight is 294 g/mol. The highest BCUT2D eigenvalue weighted by Crippen LogP contribution is 2.21. The van der Waals surface area contributed by atoms with Crippen molar-refractivity contribution in [3.63, 3.8) is 0 Å². The lowest BCUT2D eigenvalue weighted by Crippen LogP contribution is -2.40. The number of fused-ring (bicyclic) bond motifs is 1. The molecule has 0 amide bonds. The molecule has 0 fully saturated rings. The Balaban J connectivity index is 2.50. The molecule has 0 saturated carbocycles. The van der Waals surface area contributed by atoms with Crippen LogP contribution in [-0.4, -0.2) is 30.5 Å². The second kappa shape index (κ2) is 5.56. The number of carboxylic acids is 1. The zero-order valence-corrected chi connectivity index (χ0v) is 11.6. The van der Waals surface area contributed by atoms with Crippen LogP contribution in [0.1, 0.15) is 13.3 Å². The Morgan fingerprint density at radius 1 is 1.35 bits per heavy atom. The number of nitrogens with one attached hydrogen (secondary N) is 1. The van der Waals surface area contributed by atoms with Gasteiger partial charge in [-0.2, -0.15) is 4.72 Å². The van der Waals surface area contributed by atoms with E-state index in [-0.39, 0.29) is 11.3 Å². The lowest BCUT2D eigenvalue weighted by atomic mass is 10.2. The molecule has 0 unspecified atom stereocenters. The predicted molar refractivity (Wildman–Crippen MR) is 73.8 cm³/mol.